The first kappa shape index (κ1) is 38.6. The number of thiophene rings is 1. The summed E-state index contributed by atoms with van der Waals surface area (Å²) >= 11 is 1.58. The van der Waals surface area contributed by atoms with Crippen molar-refractivity contribution < 1.29 is 19.1 Å². The lowest BCUT2D eigenvalue weighted by Crippen LogP contribution is -2.65. The van der Waals surface area contributed by atoms with Gasteiger partial charge < -0.3 is 25.2 Å². The van der Waals surface area contributed by atoms with E-state index in [4.69, 9.17) is 4.74 Å². The minimum absolute atomic E-state index is 0.0101. The molecule has 0 unspecified atom stereocenters. The van der Waals surface area contributed by atoms with Gasteiger partial charge in [0.25, 0.3) is 0 Å². The van der Waals surface area contributed by atoms with Crippen molar-refractivity contribution in [1.82, 2.24) is 25.3 Å². The second-order valence-electron chi connectivity index (χ2n) is 16.8. The van der Waals surface area contributed by atoms with Crippen molar-refractivity contribution in [2.75, 3.05) is 32.7 Å². The van der Waals surface area contributed by atoms with E-state index in [0.29, 0.717) is 30.2 Å². The predicted octanol–water partition coefficient (Wildman–Crippen LogP) is 7.99. The van der Waals surface area contributed by atoms with E-state index in [1.165, 1.54) is 44.1 Å². The van der Waals surface area contributed by atoms with Gasteiger partial charge in [-0.05, 0) is 84.9 Å². The summed E-state index contributed by atoms with van der Waals surface area (Å²) in [4.78, 5) is 49.8. The molecule has 4 aromatic rings. The van der Waals surface area contributed by atoms with Crippen LogP contribution in [0.4, 0.5) is 4.79 Å². The maximum absolute atomic E-state index is 14.9. The van der Waals surface area contributed by atoms with Crippen molar-refractivity contribution in [2.24, 2.45) is 11.3 Å². The van der Waals surface area contributed by atoms with E-state index in [9.17, 15) is 14.4 Å². The zero-order chi connectivity index (χ0) is 38.3. The first-order chi connectivity index (χ1) is 27.4. The molecule has 2 atom stereocenters. The molecule has 4 fully saturated rings. The largest absolute Gasteiger partial charge is 0.415 e. The Hall–Kier alpha value is -4.25. The maximum atomic E-state index is 14.9. The van der Waals surface area contributed by atoms with Crippen LogP contribution >= 0.6 is 11.3 Å². The number of amides is 3. The lowest BCUT2D eigenvalue weighted by Gasteiger charge is -2.43. The lowest BCUT2D eigenvalue weighted by atomic mass is 9.71. The number of nitrogens with zero attached hydrogens (tertiary/aromatic N) is 3. The highest BCUT2D eigenvalue weighted by atomic mass is 32.1. The second-order valence-corrected chi connectivity index (χ2v) is 17.8. The number of nitrogens with one attached hydrogen (secondary N) is 2. The molecule has 2 saturated carbocycles. The predicted molar refractivity (Wildman–Crippen MR) is 222 cm³/mol. The van der Waals surface area contributed by atoms with E-state index in [0.717, 1.165) is 67.4 Å². The molecule has 2 saturated heterocycles. The summed E-state index contributed by atoms with van der Waals surface area (Å²) in [7, 11) is 0. The fraction of sp³-hybridized carbons (Fsp3) is 0.500. The van der Waals surface area contributed by atoms with Gasteiger partial charge in [-0.15, -0.1) is 11.3 Å². The Labute approximate surface area is 335 Å². The maximum Gasteiger partial charge on any atom is 0.415 e. The summed E-state index contributed by atoms with van der Waals surface area (Å²) < 4.78 is 5.97. The van der Waals surface area contributed by atoms with Crippen molar-refractivity contribution >= 4 is 40.0 Å². The highest BCUT2D eigenvalue weighted by Crippen LogP contribution is 2.44. The number of hydrogen-bond acceptors (Lipinski definition) is 7. The molecule has 10 heteroatoms. The van der Waals surface area contributed by atoms with Gasteiger partial charge in [0.15, 0.2) is 0 Å². The molecule has 4 aliphatic rings. The van der Waals surface area contributed by atoms with Gasteiger partial charge in [0.1, 0.15) is 11.8 Å². The fourth-order valence-electron chi connectivity index (χ4n) is 9.88. The Bertz CT molecular complexity index is 1920. The van der Waals surface area contributed by atoms with Gasteiger partial charge in [0.2, 0.25) is 11.8 Å². The van der Waals surface area contributed by atoms with Crippen molar-refractivity contribution in [3.8, 4) is 5.75 Å². The number of hydrogen-bond donors (Lipinski definition) is 2. The average Bonchev–Trinajstić information content (AvgIpc) is 3.91. The first-order valence-electron chi connectivity index (χ1n) is 21.0. The van der Waals surface area contributed by atoms with E-state index in [2.05, 4.69) is 45.9 Å². The third kappa shape index (κ3) is 9.30. The van der Waals surface area contributed by atoms with Crippen molar-refractivity contribution in [2.45, 2.75) is 102 Å². The van der Waals surface area contributed by atoms with Crippen LogP contribution in [0, 0.1) is 11.3 Å². The quantitative estimate of drug-likeness (QED) is 0.161. The first-order valence-corrected chi connectivity index (χ1v) is 21.9. The van der Waals surface area contributed by atoms with Crippen LogP contribution < -0.4 is 15.4 Å². The SMILES string of the molecule is O=C(NCc1cccs1)[C@@H]1CN(C(=O)Oc2cccc3ccccc23)CCN1C(=O)[C@@H](CC1CCCCC1)NC1CCC2(CC1)CCN(Cc1ccccc1)C2. The molecule has 296 valence electrons. The summed E-state index contributed by atoms with van der Waals surface area (Å²) in [5.41, 5.74) is 1.74. The number of carbonyl (C=O) groups is 3. The molecule has 3 aromatic carbocycles. The highest BCUT2D eigenvalue weighted by molar-refractivity contribution is 7.09. The highest BCUT2D eigenvalue weighted by Gasteiger charge is 2.44. The van der Waals surface area contributed by atoms with Gasteiger partial charge >= 0.3 is 6.09 Å². The summed E-state index contributed by atoms with van der Waals surface area (Å²) in [6.45, 7) is 4.33. The van der Waals surface area contributed by atoms with Crippen LogP contribution in [0.1, 0.15) is 81.1 Å². The second kappa shape index (κ2) is 17.9. The average molecular weight is 776 g/mol. The van der Waals surface area contributed by atoms with Crippen LogP contribution in [0.2, 0.25) is 0 Å². The summed E-state index contributed by atoms with van der Waals surface area (Å²) in [5.74, 6) is 0.721. The monoisotopic (exact) mass is 775 g/mol. The summed E-state index contributed by atoms with van der Waals surface area (Å²) in [6.07, 6.45) is 12.0. The third-order valence-corrected chi connectivity index (χ3v) is 13.9. The van der Waals surface area contributed by atoms with Gasteiger partial charge in [0.05, 0.1) is 19.1 Å². The number of piperazine rings is 1. The van der Waals surface area contributed by atoms with Crippen LogP contribution in [-0.2, 0) is 22.7 Å². The number of ether oxygens (including phenoxy) is 1. The van der Waals surface area contributed by atoms with E-state index in [-0.39, 0.29) is 37.0 Å². The molecule has 0 radical (unpaired) electrons. The summed E-state index contributed by atoms with van der Waals surface area (Å²) in [6, 6.07) is 27.3. The third-order valence-electron chi connectivity index (χ3n) is 13.0. The van der Waals surface area contributed by atoms with Crippen molar-refractivity contribution in [1.29, 1.82) is 0 Å². The summed E-state index contributed by atoms with van der Waals surface area (Å²) in [5, 5.41) is 10.8. The van der Waals surface area contributed by atoms with Gasteiger partial charge in [-0.1, -0.05) is 105 Å². The van der Waals surface area contributed by atoms with E-state index >= 15 is 0 Å². The number of rotatable bonds is 11. The Morgan fingerprint density at radius 1 is 0.821 bits per heavy atom. The molecule has 3 amide bonds. The smallest absolute Gasteiger partial charge is 0.410 e. The molecule has 2 N–H and O–H groups in total. The molecule has 2 aliphatic heterocycles. The number of benzene rings is 3. The number of carbonyl (C=O) groups excluding carboxylic acids is 3. The normalized spacial score (nSPS) is 24.0. The van der Waals surface area contributed by atoms with Crippen LogP contribution in [0.3, 0.4) is 0 Å². The standard InChI is InChI=1S/C46H57N5O4S/c52-43(47-30-38-17-10-28-56-38)41-32-50(45(54)55-42-19-9-16-36-15-7-8-18-39(36)42)26-27-51(41)44(53)40(29-34-11-3-1-4-12-34)48-37-20-22-46(23-21-37)24-25-49(33-46)31-35-13-5-2-6-14-35/h2,5-10,13-19,28,34,37,40-41,48H,1,3-4,11-12,20-27,29-33H2,(H,47,52)/t37?,40-,41+,46?/m1/s1. The fourth-order valence-corrected chi connectivity index (χ4v) is 10.5. The molecular weight excluding hydrogens is 719 g/mol. The minimum Gasteiger partial charge on any atom is -0.410 e. The van der Waals surface area contributed by atoms with Crippen molar-refractivity contribution in [3.05, 3.63) is 101 Å². The Morgan fingerprint density at radius 3 is 2.41 bits per heavy atom. The molecule has 56 heavy (non-hydrogen) atoms. The van der Waals surface area contributed by atoms with Gasteiger partial charge in [-0.3, -0.25) is 14.5 Å². The molecule has 1 aromatic heterocycles. The van der Waals surface area contributed by atoms with Gasteiger partial charge in [-0.25, -0.2) is 4.79 Å². The number of likely N-dealkylation sites (tertiary alicyclic amines) is 1. The zero-order valence-corrected chi connectivity index (χ0v) is 33.4. The molecule has 8 rings (SSSR count). The zero-order valence-electron chi connectivity index (χ0n) is 32.6. The Kier molecular flexibility index (Phi) is 12.3. The topological polar surface area (TPSA) is 94.2 Å². The van der Waals surface area contributed by atoms with E-state index in [1.54, 1.807) is 27.2 Å². The van der Waals surface area contributed by atoms with Gasteiger partial charge in [-0.2, -0.15) is 0 Å². The molecule has 2 aliphatic carbocycles. The Morgan fingerprint density at radius 2 is 1.61 bits per heavy atom. The van der Waals surface area contributed by atoms with Crippen LogP contribution in [0.25, 0.3) is 10.8 Å². The Balaban J connectivity index is 0.958. The molecule has 9 nitrogen and oxygen atoms in total. The molecule has 0 bridgehead atoms. The van der Waals surface area contributed by atoms with Crippen LogP contribution in [-0.4, -0.2) is 83.5 Å². The van der Waals surface area contributed by atoms with Crippen LogP contribution in [0.15, 0.2) is 90.3 Å². The van der Waals surface area contributed by atoms with E-state index in [1.807, 2.05) is 53.9 Å². The molecule has 1 spiro atoms. The van der Waals surface area contributed by atoms with E-state index < -0.39 is 12.1 Å². The van der Waals surface area contributed by atoms with Gasteiger partial charge in [0, 0.05) is 42.5 Å². The van der Waals surface area contributed by atoms with Crippen molar-refractivity contribution in [3.63, 3.8) is 0 Å². The molecular formula is C46H57N5O4S. The molecule has 3 heterocycles. The lowest BCUT2D eigenvalue weighted by molar-refractivity contribution is -0.145. The van der Waals surface area contributed by atoms with Crippen LogP contribution in [0.5, 0.6) is 5.75 Å². The minimum atomic E-state index is -0.823. The number of fused-ring (bicyclic) bond motifs is 1.